The quantitative estimate of drug-likeness (QED) is 0.0165. The van der Waals surface area contributed by atoms with Crippen LogP contribution in [0.4, 0.5) is 34.1 Å². The van der Waals surface area contributed by atoms with Crippen molar-refractivity contribution in [3.05, 3.63) is 235 Å². The number of phenols is 5. The van der Waals surface area contributed by atoms with Crippen LogP contribution in [0.1, 0.15) is 39.5 Å². The first-order chi connectivity index (χ1) is 45.4. The summed E-state index contributed by atoms with van der Waals surface area (Å²) in [5.74, 6) is 1.78. The van der Waals surface area contributed by atoms with E-state index in [0.29, 0.717) is 91.4 Å². The van der Waals surface area contributed by atoms with Gasteiger partial charge in [-0.2, -0.15) is 0 Å². The zero-order chi connectivity index (χ0) is 68.1. The van der Waals surface area contributed by atoms with Crippen molar-refractivity contribution in [2.75, 3.05) is 53.6 Å². The number of carbonyl (C=O) groups excluding carboxylic acids is 1. The summed E-state index contributed by atoms with van der Waals surface area (Å²) >= 11 is -1.33. The molecular weight excluding hydrogens is 1460 g/mol. The van der Waals surface area contributed by atoms with E-state index in [1.54, 1.807) is 117 Å². The van der Waals surface area contributed by atoms with Crippen LogP contribution in [0.2, 0.25) is 0 Å². The Kier molecular flexibility index (Phi) is 36.2. The van der Waals surface area contributed by atoms with Gasteiger partial charge in [0.2, 0.25) is 0 Å². The van der Waals surface area contributed by atoms with Crippen molar-refractivity contribution >= 4 is 128 Å². The molecule has 0 aliphatic rings. The van der Waals surface area contributed by atoms with E-state index in [1.807, 2.05) is 109 Å². The molecule has 0 aliphatic carbocycles. The molecule has 0 unspecified atom stereocenters. The minimum absolute atomic E-state index is 0. The fourth-order valence-corrected chi connectivity index (χ4v) is 8.71. The molecule has 10 N–H and O–H groups in total. The van der Waals surface area contributed by atoms with Gasteiger partial charge in [0.25, 0.3) is 0 Å². The number of aliphatic hydroxyl groups excluding tert-OH is 1. The molecule has 0 saturated carbocycles. The second-order valence-corrected chi connectivity index (χ2v) is 24.8. The van der Waals surface area contributed by atoms with E-state index in [9.17, 15) is 30.3 Å². The first kappa shape index (κ1) is 82.4. The Morgan fingerprint density at radius 1 is 0.381 bits per heavy atom. The number of nitrogens with zero attached hydrogens (tertiary/aromatic N) is 4. The number of nitrogens with two attached hydrogens (primary N) is 2. The van der Waals surface area contributed by atoms with Gasteiger partial charge in [0, 0.05) is 103 Å². The third-order valence-corrected chi connectivity index (χ3v) is 13.4. The summed E-state index contributed by atoms with van der Waals surface area (Å²) in [5, 5.41) is 64.5. The van der Waals surface area contributed by atoms with E-state index in [2.05, 4.69) is 20.0 Å². The molecule has 18 nitrogen and oxygen atoms in total. The SMILES string of the molecule is CCO.COc1cccc(C=Nc2cc3ccccc3cc2N=Cc2cccc(OC)c2O)c1O.COc1cccc(C=Nc2cc3ccccc3cc2N=Cc2cccc(OC)c2O)c1O.COc1cccc(C=O)c1O.Nc1cc2ccccc2cc1N.[CH3-].[Cl][Fe]([Cl])[Cl].[Fe].[Y]. The number of phenolic OH excluding ortho intramolecular Hbond substituents is 5. The Labute approximate surface area is 616 Å². The van der Waals surface area contributed by atoms with Crippen molar-refractivity contribution in [2.45, 2.75) is 6.92 Å². The number of hydrogen-bond donors (Lipinski definition) is 8. The van der Waals surface area contributed by atoms with Crippen molar-refractivity contribution < 1.29 is 120 Å². The van der Waals surface area contributed by atoms with Crippen LogP contribution in [0.5, 0.6) is 57.5 Å². The smallest absolute Gasteiger partial charge is 0 e. The van der Waals surface area contributed by atoms with Gasteiger partial charge in [0.15, 0.2) is 63.8 Å². The Morgan fingerprint density at radius 3 is 0.763 bits per heavy atom. The van der Waals surface area contributed by atoms with Gasteiger partial charge in [-0.15, -0.1) is 0 Å². The number of aliphatic imine (C=N–C) groups is 4. The molecule has 0 bridgehead atoms. The van der Waals surface area contributed by atoms with E-state index in [-0.39, 0.29) is 98.1 Å². The van der Waals surface area contributed by atoms with Crippen LogP contribution in [0.15, 0.2) is 220 Å². The molecule has 0 fully saturated rings. The summed E-state index contributed by atoms with van der Waals surface area (Å²) in [4.78, 5) is 28.6. The maximum atomic E-state index is 10.4. The van der Waals surface area contributed by atoms with E-state index in [1.165, 1.54) is 41.6 Å². The number of rotatable bonds is 14. The van der Waals surface area contributed by atoms with Crippen molar-refractivity contribution in [1.29, 1.82) is 0 Å². The van der Waals surface area contributed by atoms with E-state index < -0.39 is 11.2 Å². The summed E-state index contributed by atoms with van der Waals surface area (Å²) < 4.78 is 25.4. The minimum Gasteiger partial charge on any atom is 0 e. The van der Waals surface area contributed by atoms with Crippen molar-refractivity contribution in [2.24, 2.45) is 20.0 Å². The molecule has 11 rings (SSSR count). The number of hydrogen-bond acceptors (Lipinski definition) is 18. The van der Waals surface area contributed by atoms with Crippen molar-refractivity contribution in [3.8, 4) is 57.5 Å². The third-order valence-electron chi connectivity index (χ3n) is 13.4. The maximum Gasteiger partial charge on any atom is 0 e. The van der Waals surface area contributed by atoms with Gasteiger partial charge in [-0.1, -0.05) is 103 Å². The number of aromatic hydroxyl groups is 5. The summed E-state index contributed by atoms with van der Waals surface area (Å²) in [6.07, 6.45) is 6.87. The largest absolute Gasteiger partial charge is 0 e. The number of aliphatic hydroxyl groups is 1. The number of carbonyl (C=O) groups is 1. The number of aldehydes is 1. The van der Waals surface area contributed by atoms with E-state index >= 15 is 0 Å². The number of nitrogen functional groups attached to an aromatic ring is 2. The average Bonchev–Trinajstić information content (AvgIpc) is 0.826. The first-order valence-corrected chi connectivity index (χ1v) is 32.8. The molecule has 24 heteroatoms. The number of fused-ring (bicyclic) bond motifs is 3. The maximum absolute atomic E-state index is 10.4. The van der Waals surface area contributed by atoms with E-state index in [0.717, 1.165) is 32.3 Å². The molecule has 1 radical (unpaired) electrons. The predicted octanol–water partition coefficient (Wildman–Crippen LogP) is 17.3. The van der Waals surface area contributed by atoms with Crippen molar-refractivity contribution in [1.82, 2.24) is 0 Å². The van der Waals surface area contributed by atoms with E-state index in [4.69, 9.17) is 70.6 Å². The molecule has 506 valence electrons. The van der Waals surface area contributed by atoms with Crippen LogP contribution in [0.3, 0.4) is 0 Å². The predicted molar refractivity (Wildman–Crippen MR) is 385 cm³/mol. The van der Waals surface area contributed by atoms with Crippen molar-refractivity contribution in [3.63, 3.8) is 0 Å². The molecule has 11 aromatic rings. The summed E-state index contributed by atoms with van der Waals surface area (Å²) in [6.45, 7) is 1.93. The normalized spacial score (nSPS) is 10.5. The van der Waals surface area contributed by atoms with Crippen LogP contribution in [-0.2, 0) is 60.9 Å². The van der Waals surface area contributed by atoms with Gasteiger partial charge in [0.05, 0.1) is 75.2 Å². The van der Waals surface area contributed by atoms with Gasteiger partial charge in [0.1, 0.15) is 0 Å². The molecule has 0 saturated heterocycles. The Bertz CT molecular complexity index is 4020. The van der Waals surface area contributed by atoms with Crippen LogP contribution in [0.25, 0.3) is 32.3 Å². The zero-order valence-electron chi connectivity index (χ0n) is 53.6. The molecule has 0 atom stereocenters. The fraction of sp³-hybridized carbons (Fsp3) is 0.0959. The molecule has 0 spiro atoms. The molecule has 0 heterocycles. The number of ether oxygens (including phenoxy) is 5. The summed E-state index contributed by atoms with van der Waals surface area (Å²) in [5.41, 5.74) is 17.4. The molecule has 11 aromatic carbocycles. The third kappa shape index (κ3) is 24.0. The van der Waals surface area contributed by atoms with Crippen LogP contribution < -0.4 is 35.2 Å². The summed E-state index contributed by atoms with van der Waals surface area (Å²) in [6, 6.07) is 60.9. The molecule has 0 aromatic heterocycles. The van der Waals surface area contributed by atoms with Gasteiger partial charge in [-0.3, -0.25) is 24.8 Å². The minimum atomic E-state index is -1.33. The number of methoxy groups -OCH3 is 5. The van der Waals surface area contributed by atoms with Crippen LogP contribution >= 0.6 is 30.3 Å². The number of anilines is 2. The second-order valence-electron chi connectivity index (χ2n) is 19.3. The number of halogens is 3. The fourth-order valence-electron chi connectivity index (χ4n) is 8.71. The molecule has 0 aliphatic heterocycles. The molecular formula is C73H71Cl3Fe2N6O12Y-. The van der Waals surface area contributed by atoms with Crippen LogP contribution in [-0.4, -0.2) is 104 Å². The van der Waals surface area contributed by atoms with Gasteiger partial charge in [-0.05, 0) is 136 Å². The second kappa shape index (κ2) is 42.6. The Morgan fingerprint density at radius 2 is 0.567 bits per heavy atom. The Balaban J connectivity index is 0.000000349. The zero-order valence-corrected chi connectivity index (χ0v) is 61.0. The Hall–Kier alpha value is -8.88. The molecule has 97 heavy (non-hydrogen) atoms. The monoisotopic (exact) mass is 1530 g/mol. The van der Waals surface area contributed by atoms with Gasteiger partial charge < -0.3 is 73.2 Å². The first-order valence-electron chi connectivity index (χ1n) is 28.2. The number of para-hydroxylation sites is 5. The van der Waals surface area contributed by atoms with Crippen LogP contribution in [0, 0.1) is 7.43 Å². The number of benzene rings is 11. The molecule has 0 amide bonds. The van der Waals surface area contributed by atoms with Gasteiger partial charge >= 0.3 is 41.5 Å². The standard InChI is InChI=1S/2C26H22N2O4.C10H10N2.C8H8O3.C2H6O.CH3.3ClH.2Fe.Y/c2*1-31-23-11-5-9-19(25(23)29)15-27-21-13-17-7-3-4-8-18(17)14-22(21)28-16-20-10-6-12-24(32-2)26(20)30;11-9-5-7-3-1-2-4-8(7)6-10(9)12;1-11-7-4-2-3-6(5-9)8(7)10;1-2-3;;;;;;;/h2*3-16,29-30H,1-2H3;1-6H,11-12H2;2-5,10H,1H3;3H,2H2,1H3;1H3;3*1H;;;/q;;;;;-1;;;;;+3;/p-3. The summed E-state index contributed by atoms with van der Waals surface area (Å²) in [7, 11) is 22.1. The van der Waals surface area contributed by atoms with Gasteiger partial charge in [-0.25, -0.2) is 0 Å². The average molecular weight is 1530 g/mol. The topological polar surface area (TPSA) is 286 Å².